The van der Waals surface area contributed by atoms with Gasteiger partial charge < -0.3 is 9.97 Å². The van der Waals surface area contributed by atoms with Gasteiger partial charge in [-0.2, -0.15) is 0 Å². The predicted octanol–water partition coefficient (Wildman–Crippen LogP) is 9.21. The normalized spacial score (nSPS) is 10.9. The van der Waals surface area contributed by atoms with Crippen LogP contribution in [0.4, 0.5) is 0 Å². The van der Waals surface area contributed by atoms with E-state index >= 15 is 0 Å². The van der Waals surface area contributed by atoms with Gasteiger partial charge in [0.05, 0.1) is 0 Å². The molecule has 0 N–H and O–H groups in total. The van der Waals surface area contributed by atoms with Crippen molar-refractivity contribution in [3.8, 4) is 22.4 Å². The van der Waals surface area contributed by atoms with E-state index in [0.717, 1.165) is 22.2 Å². The van der Waals surface area contributed by atoms with Crippen LogP contribution in [0, 0.1) is 12.1 Å². The smallest absolute Gasteiger partial charge is 0.0345 e. The van der Waals surface area contributed by atoms with Crippen LogP contribution in [0.3, 0.4) is 0 Å². The molecule has 0 atom stereocenters. The van der Waals surface area contributed by atoms with Crippen LogP contribution in [0.2, 0.25) is 0 Å². The first kappa shape index (κ1) is 24.4. The summed E-state index contributed by atoms with van der Waals surface area (Å²) in [4.78, 5) is 9.01. The molecule has 0 saturated heterocycles. The Hall–Kier alpha value is -3.95. The maximum absolute atomic E-state index is 4.61. The van der Waals surface area contributed by atoms with Crippen LogP contribution < -0.4 is 0 Å². The summed E-state index contributed by atoms with van der Waals surface area (Å²) in [6.45, 7) is 0. The maximum Gasteiger partial charge on any atom is 0.0345 e. The Morgan fingerprint density at radius 1 is 0.579 bits per heavy atom. The molecule has 5 aromatic carbocycles. The zero-order valence-corrected chi connectivity index (χ0v) is 23.4. The summed E-state index contributed by atoms with van der Waals surface area (Å²) < 4.78 is 2.66. The minimum Gasteiger partial charge on any atom is -0.305 e. The minimum absolute atomic E-state index is 0. The molecule has 0 amide bonds. The van der Waals surface area contributed by atoms with Crippen LogP contribution in [-0.4, -0.2) is 9.97 Å². The number of fused-ring (bicyclic) bond motifs is 3. The van der Waals surface area contributed by atoms with Gasteiger partial charge in [0.15, 0.2) is 0 Å². The van der Waals surface area contributed by atoms with E-state index in [0.29, 0.717) is 0 Å². The van der Waals surface area contributed by atoms with Gasteiger partial charge in [0.1, 0.15) is 0 Å². The summed E-state index contributed by atoms with van der Waals surface area (Å²) in [5, 5.41) is 6.35. The summed E-state index contributed by atoms with van der Waals surface area (Å²) in [5.74, 6) is 0. The standard InChI is InChI=1S/C17H8NS.C17H12N.Ir/c1-2-5-12-10(4-1)11-6-3-7-13-15(11)16-14(19-13)8-9-18-17(12)16;1-3-7-14(8-4-1)16-11-12-18-17(13-16)15-9-5-2-6-10-15;/h1-4,6-9H;1-9,11-13H;/q2*-1;. The van der Waals surface area contributed by atoms with Crippen molar-refractivity contribution in [3.63, 3.8) is 0 Å². The molecule has 0 bridgehead atoms. The molecule has 4 heteroatoms. The quantitative estimate of drug-likeness (QED) is 0.134. The first-order chi connectivity index (χ1) is 18.4. The Morgan fingerprint density at radius 2 is 1.37 bits per heavy atom. The van der Waals surface area contributed by atoms with Crippen molar-refractivity contribution in [3.05, 3.63) is 134 Å². The van der Waals surface area contributed by atoms with E-state index in [4.69, 9.17) is 0 Å². The Labute approximate surface area is 238 Å². The zero-order chi connectivity index (χ0) is 24.6. The summed E-state index contributed by atoms with van der Waals surface area (Å²) in [7, 11) is 0. The number of benzene rings is 5. The second-order valence-electron chi connectivity index (χ2n) is 8.84. The molecule has 183 valence electrons. The number of hydrogen-bond acceptors (Lipinski definition) is 3. The molecule has 0 saturated carbocycles. The second-order valence-corrected chi connectivity index (χ2v) is 9.93. The van der Waals surface area contributed by atoms with Crippen LogP contribution in [-0.2, 0) is 20.1 Å². The first-order valence-electron chi connectivity index (χ1n) is 12.2. The van der Waals surface area contributed by atoms with E-state index in [-0.39, 0.29) is 20.1 Å². The van der Waals surface area contributed by atoms with E-state index in [9.17, 15) is 0 Å². The number of aromatic nitrogens is 2. The van der Waals surface area contributed by atoms with Gasteiger partial charge >= 0.3 is 0 Å². The van der Waals surface area contributed by atoms with Gasteiger partial charge in [0, 0.05) is 41.9 Å². The van der Waals surface area contributed by atoms with Gasteiger partial charge in [-0.3, -0.25) is 0 Å². The van der Waals surface area contributed by atoms with Crippen molar-refractivity contribution in [2.24, 2.45) is 0 Å². The monoisotopic (exact) mass is 681 g/mol. The molecular formula is C34H20IrN2S-2. The van der Waals surface area contributed by atoms with Crippen LogP contribution in [0.5, 0.6) is 0 Å². The van der Waals surface area contributed by atoms with E-state index in [1.807, 2.05) is 78.3 Å². The molecular weight excluding hydrogens is 661 g/mol. The number of rotatable bonds is 2. The molecule has 8 rings (SSSR count). The average molecular weight is 681 g/mol. The summed E-state index contributed by atoms with van der Waals surface area (Å²) in [6.07, 6.45) is 3.75. The maximum atomic E-state index is 4.61. The summed E-state index contributed by atoms with van der Waals surface area (Å²) >= 11 is 1.85. The Bertz CT molecular complexity index is 1840. The second kappa shape index (κ2) is 10.4. The third kappa shape index (κ3) is 4.27. The fraction of sp³-hybridized carbons (Fsp3) is 0. The summed E-state index contributed by atoms with van der Waals surface area (Å²) in [5.41, 5.74) is 5.44. The van der Waals surface area contributed by atoms with Gasteiger partial charge in [-0.25, -0.2) is 0 Å². The topological polar surface area (TPSA) is 25.8 Å². The molecule has 2 nitrogen and oxygen atoms in total. The molecule has 3 heterocycles. The van der Waals surface area contributed by atoms with Crippen molar-refractivity contribution in [1.82, 2.24) is 9.97 Å². The fourth-order valence-corrected chi connectivity index (χ4v) is 6.10. The van der Waals surface area contributed by atoms with Crippen molar-refractivity contribution >= 4 is 53.2 Å². The minimum atomic E-state index is 0. The van der Waals surface area contributed by atoms with Crippen molar-refractivity contribution in [1.29, 1.82) is 0 Å². The molecule has 0 unspecified atom stereocenters. The molecule has 0 fully saturated rings. The average Bonchev–Trinajstić information content (AvgIpc) is 3.38. The number of hydrogen-bond donors (Lipinski definition) is 0. The number of thiophene rings is 1. The van der Waals surface area contributed by atoms with Crippen molar-refractivity contribution in [2.45, 2.75) is 0 Å². The molecule has 8 aromatic rings. The van der Waals surface area contributed by atoms with Crippen LogP contribution in [0.25, 0.3) is 64.2 Å². The molecule has 0 aliphatic carbocycles. The van der Waals surface area contributed by atoms with E-state index in [1.165, 1.54) is 42.1 Å². The van der Waals surface area contributed by atoms with Gasteiger partial charge in [-0.1, -0.05) is 59.3 Å². The van der Waals surface area contributed by atoms with Crippen LogP contribution in [0.15, 0.2) is 122 Å². The number of pyridine rings is 2. The largest absolute Gasteiger partial charge is 0.305 e. The van der Waals surface area contributed by atoms with E-state index < -0.39 is 0 Å². The third-order valence-corrected chi connectivity index (χ3v) is 7.76. The van der Waals surface area contributed by atoms with Gasteiger partial charge in [0.2, 0.25) is 0 Å². The predicted molar refractivity (Wildman–Crippen MR) is 156 cm³/mol. The Balaban J connectivity index is 0.000000136. The van der Waals surface area contributed by atoms with Gasteiger partial charge in [-0.15, -0.1) is 76.9 Å². The van der Waals surface area contributed by atoms with E-state index in [2.05, 4.69) is 76.7 Å². The van der Waals surface area contributed by atoms with Crippen LogP contribution in [0.1, 0.15) is 0 Å². The van der Waals surface area contributed by atoms with Crippen LogP contribution >= 0.6 is 11.3 Å². The molecule has 0 spiro atoms. The zero-order valence-electron chi connectivity index (χ0n) is 20.2. The number of nitrogens with zero attached hydrogens (tertiary/aromatic N) is 2. The Kier molecular flexibility index (Phi) is 6.69. The molecule has 3 aromatic heterocycles. The van der Waals surface area contributed by atoms with Gasteiger partial charge in [-0.05, 0) is 51.3 Å². The first-order valence-corrected chi connectivity index (χ1v) is 13.0. The SMILES string of the molecule is [Ir].[c-]1cccc2c1c1nccc3sc4cccc2c4c31.[c-]1ccccc1-c1cc(-c2ccccc2)ccn1. The van der Waals surface area contributed by atoms with E-state index in [1.54, 1.807) is 0 Å². The van der Waals surface area contributed by atoms with Crippen molar-refractivity contribution < 1.29 is 20.1 Å². The summed E-state index contributed by atoms with van der Waals surface area (Å²) in [6, 6.07) is 43.8. The molecule has 0 aliphatic heterocycles. The van der Waals surface area contributed by atoms with Crippen molar-refractivity contribution in [2.75, 3.05) is 0 Å². The molecule has 0 aliphatic rings. The van der Waals surface area contributed by atoms with Gasteiger partial charge in [0.25, 0.3) is 0 Å². The molecule has 38 heavy (non-hydrogen) atoms. The Morgan fingerprint density at radius 3 is 2.24 bits per heavy atom. The fourth-order valence-electron chi connectivity index (χ4n) is 4.98. The third-order valence-electron chi connectivity index (χ3n) is 6.64. The molecule has 1 radical (unpaired) electrons.